The molecule has 25 heavy (non-hydrogen) atoms. The topological polar surface area (TPSA) is 80.3 Å². The van der Waals surface area contributed by atoms with Gasteiger partial charge in [0.2, 0.25) is 5.91 Å². The van der Waals surface area contributed by atoms with E-state index >= 15 is 0 Å². The minimum atomic E-state index is -0.559. The number of amides is 2. The van der Waals surface area contributed by atoms with Crippen LogP contribution < -0.4 is 15.4 Å². The van der Waals surface area contributed by atoms with Gasteiger partial charge in [0.1, 0.15) is 11.6 Å². The van der Waals surface area contributed by atoms with E-state index in [9.17, 15) is 14.0 Å². The Balaban J connectivity index is 1.61. The number of benzene rings is 1. The molecule has 0 spiro atoms. The zero-order valence-electron chi connectivity index (χ0n) is 13.3. The van der Waals surface area contributed by atoms with Crippen LogP contribution in [0.3, 0.4) is 0 Å². The van der Waals surface area contributed by atoms with Crippen molar-refractivity contribution in [3.05, 3.63) is 59.1 Å². The summed E-state index contributed by atoms with van der Waals surface area (Å²) >= 11 is 5.62. The molecule has 0 fully saturated rings. The van der Waals surface area contributed by atoms with Crippen LogP contribution in [0.1, 0.15) is 12.0 Å². The first kappa shape index (κ1) is 18.7. The van der Waals surface area contributed by atoms with E-state index < -0.39 is 5.82 Å². The fourth-order valence-electron chi connectivity index (χ4n) is 1.87. The van der Waals surface area contributed by atoms with E-state index in [1.54, 1.807) is 24.5 Å². The number of hydrogen-bond acceptors (Lipinski definition) is 4. The lowest BCUT2D eigenvalue weighted by atomic mass is 10.2. The molecule has 0 aliphatic heterocycles. The van der Waals surface area contributed by atoms with E-state index in [4.69, 9.17) is 16.3 Å². The zero-order valence-corrected chi connectivity index (χ0v) is 14.1. The van der Waals surface area contributed by atoms with Crippen LogP contribution in [0, 0.1) is 5.82 Å². The van der Waals surface area contributed by atoms with Gasteiger partial charge in [0, 0.05) is 38.0 Å². The Labute approximate surface area is 149 Å². The third kappa shape index (κ3) is 6.76. The van der Waals surface area contributed by atoms with Crippen molar-refractivity contribution < 1.29 is 18.7 Å². The monoisotopic (exact) mass is 365 g/mol. The lowest BCUT2D eigenvalue weighted by molar-refractivity contribution is -0.123. The highest BCUT2D eigenvalue weighted by atomic mass is 35.5. The zero-order chi connectivity index (χ0) is 18.1. The van der Waals surface area contributed by atoms with Crippen LogP contribution >= 0.6 is 11.6 Å². The quantitative estimate of drug-likeness (QED) is 0.750. The molecule has 0 atom stereocenters. The van der Waals surface area contributed by atoms with Crippen LogP contribution in [0.4, 0.5) is 4.39 Å². The molecule has 2 amide bonds. The Morgan fingerprint density at radius 3 is 2.60 bits per heavy atom. The second kappa shape index (κ2) is 9.58. The molecule has 0 saturated carbocycles. The highest BCUT2D eigenvalue weighted by molar-refractivity contribution is 6.30. The maximum Gasteiger partial charge on any atom is 0.257 e. The van der Waals surface area contributed by atoms with Gasteiger partial charge in [-0.25, -0.2) is 4.39 Å². The van der Waals surface area contributed by atoms with Gasteiger partial charge < -0.3 is 15.4 Å². The molecule has 0 bridgehead atoms. The van der Waals surface area contributed by atoms with Crippen molar-refractivity contribution in [2.75, 3.05) is 13.2 Å². The number of carbonyl (C=O) groups excluding carboxylic acids is 2. The second-order valence-electron chi connectivity index (χ2n) is 5.10. The van der Waals surface area contributed by atoms with Gasteiger partial charge in [-0.3, -0.25) is 14.6 Å². The number of halogens is 2. The number of nitrogens with zero attached hydrogens (tertiary/aromatic N) is 1. The molecule has 0 saturated heterocycles. The third-order valence-corrected chi connectivity index (χ3v) is 3.46. The van der Waals surface area contributed by atoms with Gasteiger partial charge in [0.05, 0.1) is 5.02 Å². The fourth-order valence-corrected chi connectivity index (χ4v) is 2.04. The summed E-state index contributed by atoms with van der Waals surface area (Å²) in [5.74, 6) is -0.835. The summed E-state index contributed by atoms with van der Waals surface area (Å²) < 4.78 is 18.2. The van der Waals surface area contributed by atoms with Crippen LogP contribution in [-0.4, -0.2) is 29.9 Å². The number of hydrogen-bond donors (Lipinski definition) is 2. The van der Waals surface area contributed by atoms with Crippen LogP contribution in [-0.2, 0) is 16.1 Å². The molecule has 6 nitrogen and oxygen atoms in total. The Morgan fingerprint density at radius 2 is 1.88 bits per heavy atom. The van der Waals surface area contributed by atoms with E-state index in [2.05, 4.69) is 15.6 Å². The van der Waals surface area contributed by atoms with E-state index in [0.29, 0.717) is 6.54 Å². The molecule has 0 aliphatic carbocycles. The largest absolute Gasteiger partial charge is 0.484 e. The van der Waals surface area contributed by atoms with Crippen molar-refractivity contribution in [2.24, 2.45) is 0 Å². The minimum Gasteiger partial charge on any atom is -0.484 e. The molecular weight excluding hydrogens is 349 g/mol. The van der Waals surface area contributed by atoms with E-state index in [-0.39, 0.29) is 42.2 Å². The summed E-state index contributed by atoms with van der Waals surface area (Å²) in [4.78, 5) is 27.2. The maximum atomic E-state index is 13.0. The number of rotatable bonds is 8. The van der Waals surface area contributed by atoms with Crippen molar-refractivity contribution in [1.29, 1.82) is 0 Å². The average Bonchev–Trinajstić information content (AvgIpc) is 2.62. The Bertz CT molecular complexity index is 728. The van der Waals surface area contributed by atoms with Gasteiger partial charge in [-0.15, -0.1) is 0 Å². The lowest BCUT2D eigenvalue weighted by Gasteiger charge is -2.08. The van der Waals surface area contributed by atoms with Crippen molar-refractivity contribution in [2.45, 2.75) is 13.0 Å². The number of carbonyl (C=O) groups is 2. The van der Waals surface area contributed by atoms with Gasteiger partial charge >= 0.3 is 0 Å². The molecule has 0 aliphatic rings. The van der Waals surface area contributed by atoms with Crippen LogP contribution in [0.2, 0.25) is 5.02 Å². The molecule has 1 aromatic heterocycles. The molecule has 8 heteroatoms. The van der Waals surface area contributed by atoms with Crippen molar-refractivity contribution in [3.8, 4) is 5.75 Å². The maximum absolute atomic E-state index is 13.0. The van der Waals surface area contributed by atoms with Crippen LogP contribution in [0.5, 0.6) is 5.75 Å². The summed E-state index contributed by atoms with van der Waals surface area (Å²) in [6.07, 6.45) is 3.45. The second-order valence-corrected chi connectivity index (χ2v) is 5.50. The number of ether oxygens (including phenoxy) is 1. The molecule has 132 valence electrons. The number of aromatic nitrogens is 1. The number of nitrogens with one attached hydrogen (secondary N) is 2. The highest BCUT2D eigenvalue weighted by Gasteiger charge is 2.07. The fraction of sp³-hybridized carbons (Fsp3) is 0.235. The highest BCUT2D eigenvalue weighted by Crippen LogP contribution is 2.20. The average molecular weight is 366 g/mol. The predicted octanol–water partition coefficient (Wildman–Crippen LogP) is 2.08. The summed E-state index contributed by atoms with van der Waals surface area (Å²) in [6, 6.07) is 7.43. The summed E-state index contributed by atoms with van der Waals surface area (Å²) in [7, 11) is 0. The first-order chi connectivity index (χ1) is 12.0. The molecule has 1 heterocycles. The Hall–Kier alpha value is -2.67. The standard InChI is InChI=1S/C17H17ClFN3O3/c18-14-9-13(1-2-15(14)19)25-11-17(24)21-8-5-16(23)22-10-12-3-6-20-7-4-12/h1-4,6-7,9H,5,8,10-11H2,(H,21,24)(H,22,23). The van der Waals surface area contributed by atoms with E-state index in [1.165, 1.54) is 12.1 Å². The summed E-state index contributed by atoms with van der Waals surface area (Å²) in [5.41, 5.74) is 0.943. The molecular formula is C17H17ClFN3O3. The van der Waals surface area contributed by atoms with Crippen LogP contribution in [0.25, 0.3) is 0 Å². The van der Waals surface area contributed by atoms with Gasteiger partial charge in [-0.1, -0.05) is 11.6 Å². The molecule has 1 aromatic carbocycles. The first-order valence-corrected chi connectivity index (χ1v) is 7.92. The van der Waals surface area contributed by atoms with Gasteiger partial charge in [-0.05, 0) is 29.8 Å². The molecule has 2 N–H and O–H groups in total. The third-order valence-electron chi connectivity index (χ3n) is 3.17. The van der Waals surface area contributed by atoms with Gasteiger partial charge in [0.25, 0.3) is 5.91 Å². The van der Waals surface area contributed by atoms with E-state index in [1.807, 2.05) is 0 Å². The summed E-state index contributed by atoms with van der Waals surface area (Å²) in [6.45, 7) is 0.346. The Kier molecular flexibility index (Phi) is 7.16. The normalized spacial score (nSPS) is 10.2. The van der Waals surface area contributed by atoms with Gasteiger partial charge in [-0.2, -0.15) is 0 Å². The van der Waals surface area contributed by atoms with Crippen LogP contribution in [0.15, 0.2) is 42.7 Å². The van der Waals surface area contributed by atoms with E-state index in [0.717, 1.165) is 11.6 Å². The molecule has 0 unspecified atom stereocenters. The SMILES string of the molecule is O=C(CCNC(=O)COc1ccc(F)c(Cl)c1)NCc1ccncc1. The molecule has 2 aromatic rings. The smallest absolute Gasteiger partial charge is 0.257 e. The van der Waals surface area contributed by atoms with Crippen molar-refractivity contribution in [1.82, 2.24) is 15.6 Å². The van der Waals surface area contributed by atoms with Crippen molar-refractivity contribution >= 4 is 23.4 Å². The van der Waals surface area contributed by atoms with Crippen molar-refractivity contribution in [3.63, 3.8) is 0 Å². The Morgan fingerprint density at radius 1 is 1.12 bits per heavy atom. The molecule has 0 radical (unpaired) electrons. The van der Waals surface area contributed by atoms with Gasteiger partial charge in [0.15, 0.2) is 6.61 Å². The number of pyridine rings is 1. The lowest BCUT2D eigenvalue weighted by Crippen LogP contribution is -2.33. The predicted molar refractivity (Wildman–Crippen MR) is 90.6 cm³/mol. The molecule has 2 rings (SSSR count). The minimum absolute atomic E-state index is 0.0798. The first-order valence-electron chi connectivity index (χ1n) is 7.55. The summed E-state index contributed by atoms with van der Waals surface area (Å²) in [5, 5.41) is 5.23.